The second-order valence-electron chi connectivity index (χ2n) is 6.63. The minimum absolute atomic E-state index is 0.148. The number of anilines is 1. The summed E-state index contributed by atoms with van der Waals surface area (Å²) in [5, 5.41) is 3.00. The molecule has 0 atom stereocenters. The maximum Gasteiger partial charge on any atom is 0.255 e. The van der Waals surface area contributed by atoms with Crippen LogP contribution in [0.4, 0.5) is 5.69 Å². The normalized spacial score (nSPS) is 10.9. The fourth-order valence-corrected chi connectivity index (χ4v) is 2.92. The van der Waals surface area contributed by atoms with Crippen LogP contribution in [0.3, 0.4) is 0 Å². The highest BCUT2D eigenvalue weighted by Gasteiger charge is 2.10. The first-order valence-electron chi connectivity index (χ1n) is 9.30. The molecule has 2 aromatic heterocycles. The Morgan fingerprint density at radius 3 is 2.55 bits per heavy atom. The van der Waals surface area contributed by atoms with Gasteiger partial charge in [-0.15, -0.1) is 0 Å². The van der Waals surface area contributed by atoms with Gasteiger partial charge in [0.1, 0.15) is 5.82 Å². The topological polar surface area (TPSA) is 70.7 Å². The van der Waals surface area contributed by atoms with Crippen LogP contribution in [0.1, 0.15) is 27.2 Å². The van der Waals surface area contributed by atoms with Crippen molar-refractivity contribution in [1.29, 1.82) is 0 Å². The average Bonchev–Trinajstić information content (AvgIpc) is 3.30. The van der Waals surface area contributed by atoms with E-state index in [-0.39, 0.29) is 5.91 Å². The first kappa shape index (κ1) is 18.4. The van der Waals surface area contributed by atoms with E-state index in [2.05, 4.69) is 20.3 Å². The molecule has 0 saturated heterocycles. The van der Waals surface area contributed by atoms with Crippen LogP contribution in [0, 0.1) is 6.92 Å². The van der Waals surface area contributed by atoms with Gasteiger partial charge in [-0.1, -0.05) is 36.4 Å². The van der Waals surface area contributed by atoms with Gasteiger partial charge in [0.15, 0.2) is 0 Å². The molecule has 0 spiro atoms. The standard InChI is InChI=1S/C24H20N4O/c1-17-5-9-20(23-26-14-15-27-23)16-22(17)28-24(29)19-10-6-18(7-11-19)8-12-21-4-2-3-13-25-21/h2-16H,1H3,(H,26,27)(H,28,29). The SMILES string of the molecule is Cc1ccc(-c2ncc[nH]2)cc1NC(=O)c1ccc(C=Cc2ccccn2)cc1. The van der Waals surface area contributed by atoms with Gasteiger partial charge >= 0.3 is 0 Å². The van der Waals surface area contributed by atoms with Gasteiger partial charge in [-0.25, -0.2) is 4.98 Å². The number of carbonyl (C=O) groups is 1. The molecule has 0 radical (unpaired) electrons. The number of rotatable bonds is 5. The summed E-state index contributed by atoms with van der Waals surface area (Å²) >= 11 is 0. The highest BCUT2D eigenvalue weighted by Crippen LogP contribution is 2.23. The Morgan fingerprint density at radius 2 is 1.83 bits per heavy atom. The molecule has 0 aliphatic heterocycles. The fraction of sp³-hybridized carbons (Fsp3) is 0.0417. The Bertz CT molecular complexity index is 1130. The number of aromatic amines is 1. The van der Waals surface area contributed by atoms with Gasteiger partial charge in [-0.2, -0.15) is 0 Å². The second-order valence-corrected chi connectivity index (χ2v) is 6.63. The van der Waals surface area contributed by atoms with Crippen LogP contribution >= 0.6 is 0 Å². The molecule has 0 fully saturated rings. The zero-order valence-electron chi connectivity index (χ0n) is 16.0. The van der Waals surface area contributed by atoms with E-state index in [4.69, 9.17) is 0 Å². The summed E-state index contributed by atoms with van der Waals surface area (Å²) in [6, 6.07) is 19.1. The molecule has 0 saturated carbocycles. The van der Waals surface area contributed by atoms with Crippen molar-refractivity contribution in [2.75, 3.05) is 5.32 Å². The highest BCUT2D eigenvalue weighted by atomic mass is 16.1. The first-order valence-corrected chi connectivity index (χ1v) is 9.30. The van der Waals surface area contributed by atoms with Crippen molar-refractivity contribution in [3.63, 3.8) is 0 Å². The molecule has 29 heavy (non-hydrogen) atoms. The number of aryl methyl sites for hydroxylation is 1. The van der Waals surface area contributed by atoms with Crippen molar-refractivity contribution in [2.45, 2.75) is 6.92 Å². The fourth-order valence-electron chi connectivity index (χ4n) is 2.92. The Hall–Kier alpha value is -3.99. The minimum atomic E-state index is -0.148. The zero-order chi connectivity index (χ0) is 20.1. The molecular weight excluding hydrogens is 360 g/mol. The number of pyridine rings is 1. The molecule has 142 valence electrons. The smallest absolute Gasteiger partial charge is 0.255 e. The van der Waals surface area contributed by atoms with Crippen LogP contribution in [-0.2, 0) is 0 Å². The lowest BCUT2D eigenvalue weighted by molar-refractivity contribution is 0.102. The molecule has 5 heteroatoms. The van der Waals surface area contributed by atoms with Gasteiger partial charge in [-0.3, -0.25) is 9.78 Å². The van der Waals surface area contributed by atoms with Gasteiger partial charge in [0, 0.05) is 35.4 Å². The van der Waals surface area contributed by atoms with Crippen molar-refractivity contribution in [3.05, 3.63) is 102 Å². The molecule has 4 aromatic rings. The van der Waals surface area contributed by atoms with E-state index in [1.807, 2.05) is 79.7 Å². The maximum atomic E-state index is 12.7. The lowest BCUT2D eigenvalue weighted by atomic mass is 10.1. The third-order valence-corrected chi connectivity index (χ3v) is 4.56. The number of nitrogens with one attached hydrogen (secondary N) is 2. The van der Waals surface area contributed by atoms with Gasteiger partial charge in [-0.05, 0) is 54.5 Å². The molecule has 2 N–H and O–H groups in total. The summed E-state index contributed by atoms with van der Waals surface area (Å²) in [5.41, 5.74) is 5.17. The van der Waals surface area contributed by atoms with Crippen molar-refractivity contribution in [1.82, 2.24) is 15.0 Å². The van der Waals surface area contributed by atoms with Crippen LogP contribution in [0.25, 0.3) is 23.5 Å². The number of nitrogens with zero attached hydrogens (tertiary/aromatic N) is 2. The van der Waals surface area contributed by atoms with E-state index >= 15 is 0 Å². The monoisotopic (exact) mass is 380 g/mol. The lowest BCUT2D eigenvalue weighted by Gasteiger charge is -2.10. The summed E-state index contributed by atoms with van der Waals surface area (Å²) in [5.74, 6) is 0.620. The van der Waals surface area contributed by atoms with E-state index < -0.39 is 0 Å². The molecule has 0 aliphatic rings. The maximum absolute atomic E-state index is 12.7. The van der Waals surface area contributed by atoms with Gasteiger partial charge in [0.25, 0.3) is 5.91 Å². The quantitative estimate of drug-likeness (QED) is 0.500. The Balaban J connectivity index is 1.48. The Kier molecular flexibility index (Phi) is 5.29. The largest absolute Gasteiger partial charge is 0.345 e. The van der Waals surface area contributed by atoms with Gasteiger partial charge in [0.05, 0.1) is 5.69 Å². The summed E-state index contributed by atoms with van der Waals surface area (Å²) in [7, 11) is 0. The van der Waals surface area contributed by atoms with Gasteiger partial charge in [0.2, 0.25) is 0 Å². The number of carbonyl (C=O) groups excluding carboxylic acids is 1. The summed E-state index contributed by atoms with van der Waals surface area (Å²) in [6.45, 7) is 1.97. The van der Waals surface area contributed by atoms with Gasteiger partial charge < -0.3 is 10.3 Å². The third-order valence-electron chi connectivity index (χ3n) is 4.56. The molecule has 4 rings (SSSR count). The number of imidazole rings is 1. The summed E-state index contributed by atoms with van der Waals surface area (Å²) in [4.78, 5) is 24.3. The number of hydrogen-bond acceptors (Lipinski definition) is 3. The zero-order valence-corrected chi connectivity index (χ0v) is 16.0. The van der Waals surface area contributed by atoms with Crippen LogP contribution in [0.5, 0.6) is 0 Å². The molecule has 0 bridgehead atoms. The number of aromatic nitrogens is 3. The number of H-pyrrole nitrogens is 1. The van der Waals surface area contributed by atoms with E-state index in [1.54, 1.807) is 18.6 Å². The van der Waals surface area contributed by atoms with Crippen molar-refractivity contribution < 1.29 is 4.79 Å². The second kappa shape index (κ2) is 8.35. The third kappa shape index (κ3) is 4.47. The summed E-state index contributed by atoms with van der Waals surface area (Å²) < 4.78 is 0. The lowest BCUT2D eigenvalue weighted by Crippen LogP contribution is -2.12. The molecule has 2 heterocycles. The Morgan fingerprint density at radius 1 is 0.966 bits per heavy atom. The van der Waals surface area contributed by atoms with Crippen molar-refractivity contribution in [2.24, 2.45) is 0 Å². The van der Waals surface area contributed by atoms with Crippen LogP contribution < -0.4 is 5.32 Å². The predicted molar refractivity (Wildman–Crippen MR) is 116 cm³/mol. The molecule has 2 aromatic carbocycles. The number of hydrogen-bond donors (Lipinski definition) is 2. The Labute approximate surface area is 169 Å². The molecule has 5 nitrogen and oxygen atoms in total. The van der Waals surface area contributed by atoms with E-state index in [0.717, 1.165) is 33.9 Å². The first-order chi connectivity index (χ1) is 14.2. The van der Waals surface area contributed by atoms with Crippen LogP contribution in [0.2, 0.25) is 0 Å². The minimum Gasteiger partial charge on any atom is -0.345 e. The molecule has 0 aliphatic carbocycles. The van der Waals surface area contributed by atoms with Crippen LogP contribution in [0.15, 0.2) is 79.3 Å². The predicted octanol–water partition coefficient (Wildman–Crippen LogP) is 5.20. The average molecular weight is 380 g/mol. The number of amides is 1. The molecule has 0 unspecified atom stereocenters. The summed E-state index contributed by atoms with van der Waals surface area (Å²) in [6.07, 6.45) is 9.16. The highest BCUT2D eigenvalue weighted by molar-refractivity contribution is 6.05. The molecular formula is C24H20N4O. The van der Waals surface area contributed by atoms with Crippen molar-refractivity contribution >= 4 is 23.7 Å². The van der Waals surface area contributed by atoms with Crippen molar-refractivity contribution in [3.8, 4) is 11.4 Å². The molecule has 1 amide bonds. The van der Waals surface area contributed by atoms with E-state index in [1.165, 1.54) is 0 Å². The van der Waals surface area contributed by atoms with E-state index in [0.29, 0.717) is 5.56 Å². The van der Waals surface area contributed by atoms with E-state index in [9.17, 15) is 4.79 Å². The number of benzene rings is 2. The van der Waals surface area contributed by atoms with Crippen LogP contribution in [-0.4, -0.2) is 20.9 Å².